The zero-order chi connectivity index (χ0) is 18.8. The number of amides is 1. The number of aliphatic hydroxyl groups excluding tert-OH is 1. The molecule has 2 N–H and O–H groups in total. The maximum atomic E-state index is 12.6. The van der Waals surface area contributed by atoms with E-state index in [2.05, 4.69) is 21.2 Å². The molecule has 1 atom stereocenters. The van der Waals surface area contributed by atoms with Gasteiger partial charge in [0.2, 0.25) is 11.8 Å². The summed E-state index contributed by atoms with van der Waals surface area (Å²) in [4.78, 5) is 16.9. The van der Waals surface area contributed by atoms with Gasteiger partial charge in [-0.1, -0.05) is 0 Å². The second kappa shape index (κ2) is 7.56. The van der Waals surface area contributed by atoms with Gasteiger partial charge in [0.15, 0.2) is 0 Å². The van der Waals surface area contributed by atoms with Gasteiger partial charge in [-0.2, -0.15) is 5.26 Å². The molecule has 0 unspecified atom stereocenters. The number of carbonyl (C=O) groups is 1. The molecule has 7 nitrogen and oxygen atoms in total. The van der Waals surface area contributed by atoms with Crippen molar-refractivity contribution in [1.29, 1.82) is 5.26 Å². The fourth-order valence-corrected chi connectivity index (χ4v) is 3.05. The highest BCUT2D eigenvalue weighted by molar-refractivity contribution is 5.94. The first kappa shape index (κ1) is 19.4. The number of hydrogen-bond acceptors (Lipinski definition) is 6. The standard InChI is InChI=1S/C18H28N4O3/c1-12-14(3)25-17(15(12)10-19)20-16(24)13(2)21-6-8-22(9-7-21)18(4,5)11-23/h13,23H,6-9,11H2,1-5H3,(H,20,24)/t13-/m0/s1. The quantitative estimate of drug-likeness (QED) is 0.837. The molecule has 1 aliphatic heterocycles. The topological polar surface area (TPSA) is 92.7 Å². The van der Waals surface area contributed by atoms with E-state index in [0.717, 1.165) is 31.7 Å². The van der Waals surface area contributed by atoms with Gasteiger partial charge in [-0.3, -0.25) is 19.9 Å². The van der Waals surface area contributed by atoms with Crippen molar-refractivity contribution in [2.75, 3.05) is 38.1 Å². The third kappa shape index (κ3) is 4.03. The van der Waals surface area contributed by atoms with Crippen LogP contribution in [0.15, 0.2) is 4.42 Å². The normalized spacial score (nSPS) is 18.0. The van der Waals surface area contributed by atoms with E-state index in [1.807, 2.05) is 20.8 Å². The minimum atomic E-state index is -0.323. The summed E-state index contributed by atoms with van der Waals surface area (Å²) in [6.45, 7) is 12.7. The van der Waals surface area contributed by atoms with Gasteiger partial charge in [0.05, 0.1) is 12.6 Å². The summed E-state index contributed by atoms with van der Waals surface area (Å²) < 4.78 is 5.51. The van der Waals surface area contributed by atoms with E-state index in [-0.39, 0.29) is 30.0 Å². The molecule has 1 aromatic rings. The van der Waals surface area contributed by atoms with Crippen LogP contribution in [0.25, 0.3) is 0 Å². The number of aryl methyl sites for hydroxylation is 1. The third-order valence-corrected chi connectivity index (χ3v) is 5.22. The van der Waals surface area contributed by atoms with Gasteiger partial charge in [0.25, 0.3) is 0 Å². The molecule has 2 rings (SSSR count). The highest BCUT2D eigenvalue weighted by Crippen LogP contribution is 2.26. The van der Waals surface area contributed by atoms with Crippen LogP contribution in [-0.2, 0) is 4.79 Å². The largest absolute Gasteiger partial charge is 0.444 e. The second-order valence-electron chi connectivity index (χ2n) is 7.26. The number of furan rings is 1. The fraction of sp³-hybridized carbons (Fsp3) is 0.667. The molecule has 1 aromatic heterocycles. The molecule has 0 bridgehead atoms. The van der Waals surface area contributed by atoms with Crippen molar-refractivity contribution < 1.29 is 14.3 Å². The number of nitriles is 1. The van der Waals surface area contributed by atoms with Gasteiger partial charge in [-0.05, 0) is 34.6 Å². The molecule has 1 fully saturated rings. The Bertz CT molecular complexity index is 667. The van der Waals surface area contributed by atoms with E-state index in [1.54, 1.807) is 13.8 Å². The lowest BCUT2D eigenvalue weighted by atomic mass is 10.0. The lowest BCUT2D eigenvalue weighted by Gasteiger charge is -2.44. The number of nitrogens with one attached hydrogen (secondary N) is 1. The van der Waals surface area contributed by atoms with Gasteiger partial charge in [-0.25, -0.2) is 0 Å². The molecular weight excluding hydrogens is 320 g/mol. The predicted molar refractivity (Wildman–Crippen MR) is 95.3 cm³/mol. The van der Waals surface area contributed by atoms with E-state index < -0.39 is 0 Å². The van der Waals surface area contributed by atoms with Gasteiger partial charge in [0, 0.05) is 37.3 Å². The highest BCUT2D eigenvalue weighted by Gasteiger charge is 2.32. The minimum absolute atomic E-state index is 0.108. The number of hydrogen-bond donors (Lipinski definition) is 2. The van der Waals surface area contributed by atoms with Crippen molar-refractivity contribution in [1.82, 2.24) is 9.80 Å². The molecular formula is C18H28N4O3. The summed E-state index contributed by atoms with van der Waals surface area (Å²) in [5.74, 6) is 0.689. The van der Waals surface area contributed by atoms with Gasteiger partial charge < -0.3 is 9.52 Å². The Morgan fingerprint density at radius 1 is 1.36 bits per heavy atom. The summed E-state index contributed by atoms with van der Waals surface area (Å²) in [5.41, 5.74) is 0.889. The molecule has 0 spiro atoms. The maximum absolute atomic E-state index is 12.6. The van der Waals surface area contributed by atoms with E-state index >= 15 is 0 Å². The van der Waals surface area contributed by atoms with Gasteiger partial charge in [-0.15, -0.1) is 0 Å². The average Bonchev–Trinajstić information content (AvgIpc) is 2.87. The zero-order valence-corrected chi connectivity index (χ0v) is 15.7. The minimum Gasteiger partial charge on any atom is -0.444 e. The van der Waals surface area contributed by atoms with Crippen LogP contribution in [0.3, 0.4) is 0 Å². The Morgan fingerprint density at radius 2 is 1.96 bits per heavy atom. The van der Waals surface area contributed by atoms with Crippen LogP contribution in [-0.4, -0.2) is 65.2 Å². The monoisotopic (exact) mass is 348 g/mol. The molecule has 0 aromatic carbocycles. The molecule has 1 aliphatic rings. The first-order valence-electron chi connectivity index (χ1n) is 8.62. The van der Waals surface area contributed by atoms with Crippen LogP contribution in [0.1, 0.15) is 37.7 Å². The predicted octanol–water partition coefficient (Wildman–Crippen LogP) is 1.48. The highest BCUT2D eigenvalue weighted by atomic mass is 16.4. The summed E-state index contributed by atoms with van der Waals surface area (Å²) in [5, 5.41) is 21.5. The number of anilines is 1. The van der Waals surface area contributed by atoms with Crippen molar-refractivity contribution >= 4 is 11.8 Å². The van der Waals surface area contributed by atoms with Crippen molar-refractivity contribution in [3.8, 4) is 6.07 Å². The van der Waals surface area contributed by atoms with Crippen LogP contribution < -0.4 is 5.32 Å². The summed E-state index contributed by atoms with van der Waals surface area (Å²) >= 11 is 0. The van der Waals surface area contributed by atoms with Crippen molar-refractivity contribution in [2.45, 2.75) is 46.2 Å². The molecule has 0 aliphatic carbocycles. The Hall–Kier alpha value is -1.88. The van der Waals surface area contributed by atoms with Gasteiger partial charge in [0.1, 0.15) is 17.4 Å². The number of aliphatic hydroxyl groups is 1. The maximum Gasteiger partial charge on any atom is 0.243 e. The zero-order valence-electron chi connectivity index (χ0n) is 15.7. The SMILES string of the molecule is Cc1oc(NC(=O)[C@H](C)N2CCN(C(C)(C)CO)CC2)c(C#N)c1C. The summed E-state index contributed by atoms with van der Waals surface area (Å²) in [6.07, 6.45) is 0. The number of nitrogens with zero attached hydrogens (tertiary/aromatic N) is 3. The van der Waals surface area contributed by atoms with Crippen LogP contribution >= 0.6 is 0 Å². The number of carbonyl (C=O) groups excluding carboxylic acids is 1. The molecule has 7 heteroatoms. The van der Waals surface area contributed by atoms with E-state index in [9.17, 15) is 15.2 Å². The molecule has 0 saturated carbocycles. The molecule has 1 saturated heterocycles. The Kier molecular flexibility index (Phi) is 5.88. The third-order valence-electron chi connectivity index (χ3n) is 5.22. The fourth-order valence-electron chi connectivity index (χ4n) is 3.05. The lowest BCUT2D eigenvalue weighted by molar-refractivity contribution is -0.122. The first-order valence-corrected chi connectivity index (χ1v) is 8.62. The summed E-state index contributed by atoms with van der Waals surface area (Å²) in [6, 6.07) is 1.76. The molecule has 2 heterocycles. The number of rotatable bonds is 5. The number of piperazine rings is 1. The van der Waals surface area contributed by atoms with E-state index in [4.69, 9.17) is 4.42 Å². The molecule has 138 valence electrons. The van der Waals surface area contributed by atoms with Crippen LogP contribution in [0.2, 0.25) is 0 Å². The Balaban J connectivity index is 1.98. The Morgan fingerprint density at radius 3 is 2.48 bits per heavy atom. The van der Waals surface area contributed by atoms with E-state index in [0.29, 0.717) is 11.3 Å². The van der Waals surface area contributed by atoms with Crippen molar-refractivity contribution in [2.24, 2.45) is 0 Å². The molecule has 25 heavy (non-hydrogen) atoms. The first-order chi connectivity index (χ1) is 11.7. The Labute approximate surface area is 149 Å². The summed E-state index contributed by atoms with van der Waals surface area (Å²) in [7, 11) is 0. The van der Waals surface area contributed by atoms with Crippen molar-refractivity contribution in [3.05, 3.63) is 16.9 Å². The van der Waals surface area contributed by atoms with E-state index in [1.165, 1.54) is 0 Å². The smallest absolute Gasteiger partial charge is 0.243 e. The molecule has 0 radical (unpaired) electrons. The van der Waals surface area contributed by atoms with Crippen molar-refractivity contribution in [3.63, 3.8) is 0 Å². The lowest BCUT2D eigenvalue weighted by Crippen LogP contribution is -2.58. The average molecular weight is 348 g/mol. The van der Waals surface area contributed by atoms with Crippen LogP contribution in [0, 0.1) is 25.2 Å². The van der Waals surface area contributed by atoms with Crippen LogP contribution in [0.4, 0.5) is 5.88 Å². The second-order valence-corrected chi connectivity index (χ2v) is 7.26. The van der Waals surface area contributed by atoms with Crippen LogP contribution in [0.5, 0.6) is 0 Å². The molecule has 1 amide bonds. The van der Waals surface area contributed by atoms with Gasteiger partial charge >= 0.3 is 0 Å².